The maximum absolute atomic E-state index is 13.9. The van der Waals surface area contributed by atoms with Gasteiger partial charge in [0.1, 0.15) is 0 Å². The maximum Gasteiger partial charge on any atom is 0.201 e. The molecule has 0 aliphatic heterocycles. The second kappa shape index (κ2) is 5.53. The zero-order valence-electron chi connectivity index (χ0n) is 10.9. The van der Waals surface area contributed by atoms with Gasteiger partial charge in [-0.3, -0.25) is 0 Å². The average Bonchev–Trinajstić information content (AvgIpc) is 2.43. The number of halogens is 4. The van der Waals surface area contributed by atoms with E-state index in [9.17, 15) is 17.6 Å². The van der Waals surface area contributed by atoms with Gasteiger partial charge in [-0.15, -0.1) is 0 Å². The smallest absolute Gasteiger partial charge is 0.201 e. The summed E-state index contributed by atoms with van der Waals surface area (Å²) < 4.78 is 59.9. The fourth-order valence-electron chi connectivity index (χ4n) is 1.86. The zero-order valence-corrected chi connectivity index (χ0v) is 10.9. The molecule has 0 atom stereocenters. The zero-order chi connectivity index (χ0) is 14.9. The first-order valence-electron chi connectivity index (χ1n) is 6.03. The van der Waals surface area contributed by atoms with E-state index in [1.807, 2.05) is 0 Å². The van der Waals surface area contributed by atoms with Gasteiger partial charge in [0.25, 0.3) is 0 Å². The molecule has 5 heteroatoms. The van der Waals surface area contributed by atoms with E-state index in [0.717, 1.165) is 6.07 Å². The molecule has 2 aromatic rings. The molecule has 2 rings (SSSR count). The van der Waals surface area contributed by atoms with Crippen LogP contribution >= 0.6 is 0 Å². The Bertz CT molecular complexity index is 653. The number of benzene rings is 2. The van der Waals surface area contributed by atoms with Gasteiger partial charge in [-0.05, 0) is 31.5 Å². The summed E-state index contributed by atoms with van der Waals surface area (Å²) in [5.74, 6) is -5.02. The molecular formula is C15H12F4O. The molecule has 0 amide bonds. The normalized spacial score (nSPS) is 10.7. The first-order chi connectivity index (χ1) is 9.47. The molecule has 0 heterocycles. The highest BCUT2D eigenvalue weighted by Crippen LogP contribution is 2.32. The van der Waals surface area contributed by atoms with Crippen molar-refractivity contribution < 1.29 is 22.3 Å². The van der Waals surface area contributed by atoms with E-state index < -0.39 is 23.3 Å². The van der Waals surface area contributed by atoms with Crippen molar-refractivity contribution in [2.45, 2.75) is 13.8 Å². The third-order valence-corrected chi connectivity index (χ3v) is 2.91. The van der Waals surface area contributed by atoms with Crippen LogP contribution < -0.4 is 4.74 Å². The second-order valence-electron chi connectivity index (χ2n) is 4.23. The predicted octanol–water partition coefficient (Wildman–Crippen LogP) is 4.62. The third-order valence-electron chi connectivity index (χ3n) is 2.91. The fraction of sp³-hybridized carbons (Fsp3) is 0.200. The van der Waals surface area contributed by atoms with Crippen molar-refractivity contribution in [3.63, 3.8) is 0 Å². The van der Waals surface area contributed by atoms with Gasteiger partial charge in [0.15, 0.2) is 23.2 Å². The van der Waals surface area contributed by atoms with Crippen molar-refractivity contribution in [2.75, 3.05) is 6.61 Å². The van der Waals surface area contributed by atoms with Gasteiger partial charge in [-0.1, -0.05) is 12.1 Å². The molecule has 0 radical (unpaired) electrons. The first kappa shape index (κ1) is 14.4. The SMILES string of the molecule is CCOc1ccc(-c2ccc(C)c(F)c2F)c(F)c1F. The lowest BCUT2D eigenvalue weighted by Gasteiger charge is -2.10. The summed E-state index contributed by atoms with van der Waals surface area (Å²) in [4.78, 5) is 0. The Balaban J connectivity index is 2.60. The molecular weight excluding hydrogens is 272 g/mol. The van der Waals surface area contributed by atoms with Crippen molar-refractivity contribution in [2.24, 2.45) is 0 Å². The summed E-state index contributed by atoms with van der Waals surface area (Å²) in [6, 6.07) is 4.87. The van der Waals surface area contributed by atoms with E-state index in [1.54, 1.807) is 6.92 Å². The quantitative estimate of drug-likeness (QED) is 0.747. The molecule has 0 aromatic heterocycles. The van der Waals surface area contributed by atoms with E-state index in [-0.39, 0.29) is 29.0 Å². The minimum atomic E-state index is -1.27. The summed E-state index contributed by atoms with van der Waals surface area (Å²) in [5.41, 5.74) is -0.576. The number of hydrogen-bond donors (Lipinski definition) is 0. The third kappa shape index (κ3) is 2.35. The van der Waals surface area contributed by atoms with Crippen LogP contribution in [0.4, 0.5) is 17.6 Å². The van der Waals surface area contributed by atoms with Crippen LogP contribution in [-0.4, -0.2) is 6.61 Å². The number of ether oxygens (including phenoxy) is 1. The van der Waals surface area contributed by atoms with Crippen LogP contribution in [-0.2, 0) is 0 Å². The molecule has 0 aliphatic rings. The summed E-state index contributed by atoms with van der Waals surface area (Å²) in [5, 5.41) is 0. The van der Waals surface area contributed by atoms with Crippen molar-refractivity contribution in [3.05, 3.63) is 53.1 Å². The van der Waals surface area contributed by atoms with Crippen LogP contribution in [0.5, 0.6) is 5.75 Å². The van der Waals surface area contributed by atoms with E-state index in [1.165, 1.54) is 25.1 Å². The summed E-state index contributed by atoms with van der Waals surface area (Å²) in [6.45, 7) is 3.18. The van der Waals surface area contributed by atoms with Crippen molar-refractivity contribution in [1.82, 2.24) is 0 Å². The Kier molecular flexibility index (Phi) is 3.97. The molecule has 0 bridgehead atoms. The molecule has 0 spiro atoms. The maximum atomic E-state index is 13.9. The van der Waals surface area contributed by atoms with Crippen molar-refractivity contribution in [1.29, 1.82) is 0 Å². The first-order valence-corrected chi connectivity index (χ1v) is 6.03. The van der Waals surface area contributed by atoms with Gasteiger partial charge in [0, 0.05) is 11.1 Å². The highest BCUT2D eigenvalue weighted by Gasteiger charge is 2.20. The molecule has 0 fully saturated rings. The molecule has 0 aliphatic carbocycles. The Morgan fingerprint density at radius 3 is 1.95 bits per heavy atom. The van der Waals surface area contributed by atoms with Crippen LogP contribution in [0.25, 0.3) is 11.1 Å². The minimum Gasteiger partial charge on any atom is -0.491 e. The van der Waals surface area contributed by atoms with Crippen LogP contribution in [0.2, 0.25) is 0 Å². The van der Waals surface area contributed by atoms with E-state index >= 15 is 0 Å². The van der Waals surface area contributed by atoms with Crippen molar-refractivity contribution >= 4 is 0 Å². The van der Waals surface area contributed by atoms with Crippen LogP contribution in [0.15, 0.2) is 24.3 Å². The largest absolute Gasteiger partial charge is 0.491 e. The van der Waals surface area contributed by atoms with Gasteiger partial charge in [-0.25, -0.2) is 13.2 Å². The standard InChI is InChI=1S/C15H12F4O/c1-3-20-11-7-6-10(14(18)15(11)19)9-5-4-8(2)12(16)13(9)17/h4-7H,3H2,1-2H3. The van der Waals surface area contributed by atoms with Crippen molar-refractivity contribution in [3.8, 4) is 16.9 Å². The molecule has 2 aromatic carbocycles. The summed E-state index contributed by atoms with van der Waals surface area (Å²) in [7, 11) is 0. The van der Waals surface area contributed by atoms with Gasteiger partial charge >= 0.3 is 0 Å². The van der Waals surface area contributed by atoms with E-state index in [4.69, 9.17) is 4.74 Å². The van der Waals surface area contributed by atoms with Gasteiger partial charge in [0.05, 0.1) is 6.61 Å². The fourth-order valence-corrected chi connectivity index (χ4v) is 1.86. The Morgan fingerprint density at radius 2 is 1.35 bits per heavy atom. The monoisotopic (exact) mass is 284 g/mol. The molecule has 0 saturated carbocycles. The Morgan fingerprint density at radius 1 is 0.800 bits per heavy atom. The molecule has 0 N–H and O–H groups in total. The van der Waals surface area contributed by atoms with Gasteiger partial charge in [0.2, 0.25) is 5.82 Å². The van der Waals surface area contributed by atoms with E-state index in [2.05, 4.69) is 0 Å². The molecule has 0 saturated heterocycles. The van der Waals surface area contributed by atoms with Crippen LogP contribution in [0.3, 0.4) is 0 Å². The number of hydrogen-bond acceptors (Lipinski definition) is 1. The Labute approximate surface area is 113 Å². The summed E-state index contributed by atoms with van der Waals surface area (Å²) in [6.07, 6.45) is 0. The molecule has 106 valence electrons. The second-order valence-corrected chi connectivity index (χ2v) is 4.23. The minimum absolute atomic E-state index is 0.0954. The molecule has 0 unspecified atom stereocenters. The molecule has 20 heavy (non-hydrogen) atoms. The van der Waals surface area contributed by atoms with Crippen LogP contribution in [0.1, 0.15) is 12.5 Å². The number of rotatable bonds is 3. The highest BCUT2D eigenvalue weighted by molar-refractivity contribution is 5.66. The van der Waals surface area contributed by atoms with Gasteiger partial charge < -0.3 is 4.74 Å². The predicted molar refractivity (Wildman–Crippen MR) is 67.6 cm³/mol. The lowest BCUT2D eigenvalue weighted by atomic mass is 10.0. The van der Waals surface area contributed by atoms with Gasteiger partial charge in [-0.2, -0.15) is 4.39 Å². The molecule has 1 nitrogen and oxygen atoms in total. The lowest BCUT2D eigenvalue weighted by Crippen LogP contribution is -2.00. The lowest BCUT2D eigenvalue weighted by molar-refractivity contribution is 0.314. The topological polar surface area (TPSA) is 9.23 Å². The van der Waals surface area contributed by atoms with E-state index in [0.29, 0.717) is 0 Å². The highest BCUT2D eigenvalue weighted by atomic mass is 19.2. The van der Waals surface area contributed by atoms with Crippen LogP contribution in [0, 0.1) is 30.2 Å². The number of aryl methyl sites for hydroxylation is 1. The summed E-state index contributed by atoms with van der Waals surface area (Å²) >= 11 is 0. The Hall–Kier alpha value is -2.04. The average molecular weight is 284 g/mol.